The molecule has 2 nitrogen and oxygen atoms in total. The molecule has 1 aromatic heterocycles. The second-order valence-corrected chi connectivity index (χ2v) is 5.59. The van der Waals surface area contributed by atoms with Gasteiger partial charge in [-0.1, -0.05) is 0 Å². The maximum Gasteiger partial charge on any atom is 0.152 e. The Kier molecular flexibility index (Phi) is 3.34. The monoisotopic (exact) mass is 275 g/mol. The van der Waals surface area contributed by atoms with Crippen LogP contribution in [-0.4, -0.2) is 12.3 Å². The molecule has 2 aromatic rings. The average molecular weight is 275 g/mol. The molecule has 0 N–H and O–H groups in total. The first kappa shape index (κ1) is 12.4. The molecule has 0 atom stereocenters. The predicted octanol–water partition coefficient (Wildman–Crippen LogP) is 3.87. The molecule has 4 heteroatoms. The molecule has 1 saturated carbocycles. The summed E-state index contributed by atoms with van der Waals surface area (Å²) in [5.74, 6) is -0.364. The molecule has 1 heterocycles. The van der Waals surface area contributed by atoms with Gasteiger partial charge in [0, 0.05) is 23.8 Å². The van der Waals surface area contributed by atoms with Crippen LogP contribution in [0.2, 0.25) is 0 Å². The maximum atomic E-state index is 13.2. The normalized spacial score (nSPS) is 14.4. The van der Waals surface area contributed by atoms with Crippen LogP contribution < -0.4 is 4.90 Å². The van der Waals surface area contributed by atoms with Crippen LogP contribution in [0.3, 0.4) is 0 Å². The molecular weight excluding hydrogens is 261 g/mol. The summed E-state index contributed by atoms with van der Waals surface area (Å²) in [6.07, 6.45) is 3.01. The van der Waals surface area contributed by atoms with Crippen LogP contribution in [0.25, 0.3) is 0 Å². The minimum absolute atomic E-state index is 0.364. The second-order valence-electron chi connectivity index (χ2n) is 4.81. The number of hydrogen-bond donors (Lipinski definition) is 0. The fourth-order valence-electron chi connectivity index (χ4n) is 2.26. The highest BCUT2D eigenvalue weighted by atomic mass is 32.1. The first-order valence-electron chi connectivity index (χ1n) is 6.30. The number of anilines is 1. The maximum absolute atomic E-state index is 13.2. The third-order valence-corrected chi connectivity index (χ3v) is 4.08. The van der Waals surface area contributed by atoms with Crippen LogP contribution in [0, 0.1) is 5.82 Å². The highest BCUT2D eigenvalue weighted by Gasteiger charge is 2.30. The molecular formula is C15H14FNOS. The Balaban J connectivity index is 1.93. The summed E-state index contributed by atoms with van der Waals surface area (Å²) in [4.78, 5) is 13.4. The molecule has 1 aromatic carbocycles. The lowest BCUT2D eigenvalue weighted by atomic mass is 10.1. The summed E-state index contributed by atoms with van der Waals surface area (Å²) in [6, 6.07) is 7.01. The Morgan fingerprint density at radius 2 is 2.21 bits per heavy atom. The predicted molar refractivity (Wildman–Crippen MR) is 75.3 cm³/mol. The van der Waals surface area contributed by atoms with Crippen molar-refractivity contribution in [1.29, 1.82) is 0 Å². The lowest BCUT2D eigenvalue weighted by Gasteiger charge is -2.25. The molecule has 0 bridgehead atoms. The van der Waals surface area contributed by atoms with Crippen molar-refractivity contribution in [3.8, 4) is 0 Å². The van der Waals surface area contributed by atoms with Crippen LogP contribution >= 0.6 is 11.3 Å². The molecule has 0 saturated heterocycles. The fraction of sp³-hybridized carbons (Fsp3) is 0.267. The number of aldehydes is 1. The molecule has 0 amide bonds. The van der Waals surface area contributed by atoms with Crippen LogP contribution in [0.15, 0.2) is 35.0 Å². The SMILES string of the molecule is O=Cc1cc(F)ccc1N(Cc1ccsc1)C1CC1. The summed E-state index contributed by atoms with van der Waals surface area (Å²) in [5, 5.41) is 4.16. The van der Waals surface area contributed by atoms with Crippen LogP contribution in [0.1, 0.15) is 28.8 Å². The van der Waals surface area contributed by atoms with E-state index in [1.54, 1.807) is 17.4 Å². The summed E-state index contributed by atoms with van der Waals surface area (Å²) >= 11 is 1.67. The molecule has 1 fully saturated rings. The number of hydrogen-bond acceptors (Lipinski definition) is 3. The van der Waals surface area contributed by atoms with Crippen molar-refractivity contribution in [3.05, 3.63) is 52.0 Å². The third kappa shape index (κ3) is 2.68. The Bertz CT molecular complexity index is 578. The zero-order valence-electron chi connectivity index (χ0n) is 10.4. The van der Waals surface area contributed by atoms with Gasteiger partial charge in [0.15, 0.2) is 6.29 Å². The van der Waals surface area contributed by atoms with E-state index >= 15 is 0 Å². The molecule has 98 valence electrons. The molecule has 1 aliphatic carbocycles. The van der Waals surface area contributed by atoms with E-state index in [0.29, 0.717) is 11.6 Å². The summed E-state index contributed by atoms with van der Waals surface area (Å²) < 4.78 is 13.2. The van der Waals surface area contributed by atoms with Gasteiger partial charge in [0.05, 0.1) is 0 Å². The molecule has 0 aliphatic heterocycles. The first-order chi connectivity index (χ1) is 9.28. The summed E-state index contributed by atoms with van der Waals surface area (Å²) in [5.41, 5.74) is 2.50. The Labute approximate surface area is 115 Å². The summed E-state index contributed by atoms with van der Waals surface area (Å²) in [7, 11) is 0. The first-order valence-corrected chi connectivity index (χ1v) is 7.24. The van der Waals surface area contributed by atoms with E-state index in [0.717, 1.165) is 31.4 Å². The van der Waals surface area contributed by atoms with E-state index in [1.807, 2.05) is 5.38 Å². The van der Waals surface area contributed by atoms with Crippen molar-refractivity contribution in [2.45, 2.75) is 25.4 Å². The number of thiophene rings is 1. The molecule has 19 heavy (non-hydrogen) atoms. The average Bonchev–Trinajstić information content (AvgIpc) is 3.13. The van der Waals surface area contributed by atoms with Gasteiger partial charge in [0.2, 0.25) is 0 Å². The number of halogens is 1. The van der Waals surface area contributed by atoms with E-state index in [9.17, 15) is 9.18 Å². The van der Waals surface area contributed by atoms with E-state index in [1.165, 1.54) is 17.7 Å². The lowest BCUT2D eigenvalue weighted by Crippen LogP contribution is -2.25. The van der Waals surface area contributed by atoms with Crippen LogP contribution in [0.4, 0.5) is 10.1 Å². The Morgan fingerprint density at radius 1 is 1.37 bits per heavy atom. The van der Waals surface area contributed by atoms with Crippen molar-refractivity contribution < 1.29 is 9.18 Å². The lowest BCUT2D eigenvalue weighted by molar-refractivity contribution is 0.112. The van der Waals surface area contributed by atoms with Crippen molar-refractivity contribution >= 4 is 23.3 Å². The van der Waals surface area contributed by atoms with Gasteiger partial charge in [0.25, 0.3) is 0 Å². The van der Waals surface area contributed by atoms with Crippen LogP contribution in [-0.2, 0) is 6.54 Å². The number of benzene rings is 1. The molecule has 3 rings (SSSR count). The van der Waals surface area contributed by atoms with E-state index in [4.69, 9.17) is 0 Å². The second kappa shape index (κ2) is 5.13. The molecule has 0 radical (unpaired) electrons. The number of carbonyl (C=O) groups is 1. The highest BCUT2D eigenvalue weighted by molar-refractivity contribution is 7.07. The van der Waals surface area contributed by atoms with E-state index in [-0.39, 0.29) is 5.82 Å². The van der Waals surface area contributed by atoms with Gasteiger partial charge >= 0.3 is 0 Å². The van der Waals surface area contributed by atoms with Crippen molar-refractivity contribution in [2.75, 3.05) is 4.90 Å². The van der Waals surface area contributed by atoms with Crippen molar-refractivity contribution in [2.24, 2.45) is 0 Å². The minimum atomic E-state index is -0.364. The number of carbonyl (C=O) groups excluding carboxylic acids is 1. The highest BCUT2D eigenvalue weighted by Crippen LogP contribution is 2.35. The minimum Gasteiger partial charge on any atom is -0.364 e. The zero-order valence-corrected chi connectivity index (χ0v) is 11.2. The smallest absolute Gasteiger partial charge is 0.152 e. The van der Waals surface area contributed by atoms with Gasteiger partial charge < -0.3 is 4.90 Å². The van der Waals surface area contributed by atoms with Crippen LogP contribution in [0.5, 0.6) is 0 Å². The topological polar surface area (TPSA) is 20.3 Å². The molecule has 0 spiro atoms. The number of nitrogens with zero attached hydrogens (tertiary/aromatic N) is 1. The van der Waals surface area contributed by atoms with Crippen molar-refractivity contribution in [1.82, 2.24) is 0 Å². The Morgan fingerprint density at radius 3 is 2.84 bits per heavy atom. The van der Waals surface area contributed by atoms with E-state index < -0.39 is 0 Å². The van der Waals surface area contributed by atoms with Gasteiger partial charge in [-0.15, -0.1) is 0 Å². The van der Waals surface area contributed by atoms with Crippen molar-refractivity contribution in [3.63, 3.8) is 0 Å². The standard InChI is InChI=1S/C15H14FNOS/c16-13-1-4-15(12(7-13)9-18)17(14-2-3-14)8-11-5-6-19-10-11/h1,4-7,9-10,14H,2-3,8H2. The third-order valence-electron chi connectivity index (χ3n) is 3.35. The van der Waals surface area contributed by atoms with E-state index in [2.05, 4.69) is 16.3 Å². The van der Waals surface area contributed by atoms with Gasteiger partial charge in [-0.2, -0.15) is 11.3 Å². The van der Waals surface area contributed by atoms with Gasteiger partial charge in [-0.25, -0.2) is 4.39 Å². The molecule has 1 aliphatic rings. The van der Waals surface area contributed by atoms with Gasteiger partial charge in [-0.3, -0.25) is 4.79 Å². The fourth-order valence-corrected chi connectivity index (χ4v) is 2.92. The zero-order chi connectivity index (χ0) is 13.2. The van der Waals surface area contributed by atoms with Gasteiger partial charge in [-0.05, 0) is 53.4 Å². The number of rotatable bonds is 5. The largest absolute Gasteiger partial charge is 0.364 e. The van der Waals surface area contributed by atoms with Gasteiger partial charge in [0.1, 0.15) is 5.82 Å². The summed E-state index contributed by atoms with van der Waals surface area (Å²) in [6.45, 7) is 0.778. The quantitative estimate of drug-likeness (QED) is 0.772. The molecule has 0 unspecified atom stereocenters. The Hall–Kier alpha value is -1.68.